The quantitative estimate of drug-likeness (QED) is 0.795. The highest BCUT2D eigenvalue weighted by Gasteiger charge is 2.08. The number of nitrogens with one attached hydrogen (secondary N) is 1. The molecule has 5 nitrogen and oxygen atoms in total. The highest BCUT2D eigenvalue weighted by molar-refractivity contribution is 7.09. The number of ether oxygens (including phenoxy) is 1. The Bertz CT molecular complexity index is 598. The molecule has 0 aromatic carbocycles. The second-order valence-electron chi connectivity index (χ2n) is 4.04. The molecule has 20 heavy (non-hydrogen) atoms. The molecule has 7 heteroatoms. The van der Waals surface area contributed by atoms with Gasteiger partial charge in [-0.15, -0.1) is 11.3 Å². The van der Waals surface area contributed by atoms with Crippen LogP contribution in [0.25, 0.3) is 0 Å². The molecule has 0 amide bonds. The Hall–Kier alpha value is -1.73. The maximum absolute atomic E-state index is 13.8. The molecule has 2 aromatic rings. The fourth-order valence-corrected chi connectivity index (χ4v) is 2.29. The Morgan fingerprint density at radius 1 is 1.55 bits per heavy atom. The van der Waals surface area contributed by atoms with E-state index >= 15 is 0 Å². The first-order valence-corrected chi connectivity index (χ1v) is 7.19. The van der Waals surface area contributed by atoms with Gasteiger partial charge in [0, 0.05) is 17.7 Å². The molecular weight excluding hydrogens is 281 g/mol. The summed E-state index contributed by atoms with van der Waals surface area (Å²) in [6.45, 7) is 3.52. The number of thiophene rings is 1. The van der Waals surface area contributed by atoms with Crippen LogP contribution in [0.15, 0.2) is 28.5 Å². The Kier molecular flexibility index (Phi) is 5.25. The molecular formula is C13H16FN3O2S. The zero-order chi connectivity index (χ0) is 14.4. The lowest BCUT2D eigenvalue weighted by Gasteiger charge is -2.09. The number of rotatable bonds is 7. The van der Waals surface area contributed by atoms with E-state index in [0.717, 1.165) is 11.1 Å². The highest BCUT2D eigenvalue weighted by atomic mass is 32.1. The third-order valence-electron chi connectivity index (χ3n) is 2.64. The first-order valence-electron chi connectivity index (χ1n) is 6.31. The van der Waals surface area contributed by atoms with E-state index in [0.29, 0.717) is 26.3 Å². The van der Waals surface area contributed by atoms with E-state index in [1.807, 2.05) is 24.4 Å². The van der Waals surface area contributed by atoms with Crippen LogP contribution in [0.4, 0.5) is 10.2 Å². The number of halogens is 1. The Morgan fingerprint density at radius 2 is 2.40 bits per heavy atom. The zero-order valence-corrected chi connectivity index (χ0v) is 12.0. The minimum absolute atomic E-state index is 0.0175. The van der Waals surface area contributed by atoms with Gasteiger partial charge in [-0.1, -0.05) is 6.07 Å². The molecule has 0 unspecified atom stereocenters. The predicted octanol–water partition coefficient (Wildman–Crippen LogP) is 2.09. The van der Waals surface area contributed by atoms with Crippen molar-refractivity contribution in [2.75, 3.05) is 18.5 Å². The van der Waals surface area contributed by atoms with Crippen molar-refractivity contribution in [3.05, 3.63) is 44.9 Å². The lowest BCUT2D eigenvalue weighted by atomic mass is 10.4. The largest absolute Gasteiger partial charge is 0.380 e. The van der Waals surface area contributed by atoms with Gasteiger partial charge in [0.1, 0.15) is 0 Å². The van der Waals surface area contributed by atoms with Gasteiger partial charge in [0.2, 0.25) is 0 Å². The van der Waals surface area contributed by atoms with Crippen molar-refractivity contribution in [3.8, 4) is 0 Å². The van der Waals surface area contributed by atoms with Crippen LogP contribution >= 0.6 is 11.3 Å². The minimum Gasteiger partial charge on any atom is -0.380 e. The smallest absolute Gasteiger partial charge is 0.349 e. The number of hydrogen-bond acceptors (Lipinski definition) is 5. The van der Waals surface area contributed by atoms with Crippen molar-refractivity contribution in [1.82, 2.24) is 9.55 Å². The molecule has 0 saturated carbocycles. The van der Waals surface area contributed by atoms with E-state index in [4.69, 9.17) is 4.74 Å². The summed E-state index contributed by atoms with van der Waals surface area (Å²) in [5, 5.41) is 4.77. The summed E-state index contributed by atoms with van der Waals surface area (Å²) in [5.74, 6) is -0.561. The highest BCUT2D eigenvalue weighted by Crippen LogP contribution is 2.12. The molecule has 0 spiro atoms. The number of hydrogen-bond donors (Lipinski definition) is 1. The van der Waals surface area contributed by atoms with E-state index < -0.39 is 11.5 Å². The van der Waals surface area contributed by atoms with Gasteiger partial charge < -0.3 is 10.1 Å². The SMILES string of the molecule is CCOCCn1cc(F)c(NCc2cccs2)nc1=O. The van der Waals surface area contributed by atoms with Crippen LogP contribution in [0.5, 0.6) is 0 Å². The fraction of sp³-hybridized carbons (Fsp3) is 0.385. The summed E-state index contributed by atoms with van der Waals surface area (Å²) in [4.78, 5) is 16.5. The normalized spacial score (nSPS) is 10.7. The summed E-state index contributed by atoms with van der Waals surface area (Å²) in [6, 6.07) is 3.84. The van der Waals surface area contributed by atoms with Crippen LogP contribution in [-0.2, 0) is 17.8 Å². The minimum atomic E-state index is -0.544. The molecule has 2 heterocycles. The van der Waals surface area contributed by atoms with Crippen molar-refractivity contribution in [2.45, 2.75) is 20.0 Å². The third-order valence-corrected chi connectivity index (χ3v) is 3.52. The maximum Gasteiger partial charge on any atom is 0.349 e. The monoisotopic (exact) mass is 297 g/mol. The van der Waals surface area contributed by atoms with Crippen molar-refractivity contribution in [2.24, 2.45) is 0 Å². The van der Waals surface area contributed by atoms with Crippen LogP contribution in [-0.4, -0.2) is 22.8 Å². The maximum atomic E-state index is 13.8. The molecule has 0 fully saturated rings. The van der Waals surface area contributed by atoms with Gasteiger partial charge in [-0.25, -0.2) is 9.18 Å². The summed E-state index contributed by atoms with van der Waals surface area (Å²) in [7, 11) is 0. The van der Waals surface area contributed by atoms with Gasteiger partial charge in [0.15, 0.2) is 11.6 Å². The lowest BCUT2D eigenvalue weighted by Crippen LogP contribution is -2.26. The molecule has 2 rings (SSSR count). The molecule has 0 atom stereocenters. The molecule has 0 saturated heterocycles. The lowest BCUT2D eigenvalue weighted by molar-refractivity contribution is 0.137. The molecule has 0 radical (unpaired) electrons. The van der Waals surface area contributed by atoms with E-state index in [-0.39, 0.29) is 5.82 Å². The Morgan fingerprint density at radius 3 is 3.10 bits per heavy atom. The standard InChI is InChI=1S/C13H16FN3O2S/c1-2-19-6-5-17-9-11(14)12(16-13(17)18)15-8-10-4-3-7-20-10/h3-4,7,9H,2,5-6,8H2,1H3,(H,15,16,18). The van der Waals surface area contributed by atoms with Crippen molar-refractivity contribution < 1.29 is 9.13 Å². The van der Waals surface area contributed by atoms with Crippen molar-refractivity contribution in [1.29, 1.82) is 0 Å². The Labute approximate surface area is 120 Å². The summed E-state index contributed by atoms with van der Waals surface area (Å²) in [6.07, 6.45) is 1.16. The van der Waals surface area contributed by atoms with Crippen LogP contribution in [0.1, 0.15) is 11.8 Å². The van der Waals surface area contributed by atoms with E-state index in [1.54, 1.807) is 11.3 Å². The number of aromatic nitrogens is 2. The van der Waals surface area contributed by atoms with E-state index in [9.17, 15) is 9.18 Å². The van der Waals surface area contributed by atoms with Gasteiger partial charge in [0.25, 0.3) is 0 Å². The van der Waals surface area contributed by atoms with Crippen molar-refractivity contribution in [3.63, 3.8) is 0 Å². The van der Waals surface area contributed by atoms with Crippen LogP contribution in [0.2, 0.25) is 0 Å². The fourth-order valence-electron chi connectivity index (χ4n) is 1.64. The first kappa shape index (κ1) is 14.7. The van der Waals surface area contributed by atoms with Gasteiger partial charge in [-0.05, 0) is 18.4 Å². The van der Waals surface area contributed by atoms with Crippen molar-refractivity contribution >= 4 is 17.2 Å². The van der Waals surface area contributed by atoms with E-state index in [1.165, 1.54) is 4.57 Å². The van der Waals surface area contributed by atoms with Gasteiger partial charge in [-0.2, -0.15) is 4.98 Å². The molecule has 0 bridgehead atoms. The average Bonchev–Trinajstić information content (AvgIpc) is 2.94. The summed E-state index contributed by atoms with van der Waals surface area (Å²) in [5.41, 5.74) is -0.486. The zero-order valence-electron chi connectivity index (χ0n) is 11.1. The van der Waals surface area contributed by atoms with Gasteiger partial charge >= 0.3 is 5.69 Å². The van der Waals surface area contributed by atoms with Crippen LogP contribution in [0.3, 0.4) is 0 Å². The molecule has 1 N–H and O–H groups in total. The number of anilines is 1. The molecule has 0 aliphatic heterocycles. The molecule has 108 valence electrons. The number of nitrogens with zero attached hydrogens (tertiary/aromatic N) is 2. The summed E-state index contributed by atoms with van der Waals surface area (Å²) >= 11 is 1.56. The second kappa shape index (κ2) is 7.16. The summed E-state index contributed by atoms with van der Waals surface area (Å²) < 4.78 is 20.2. The van der Waals surface area contributed by atoms with Crippen LogP contribution in [0, 0.1) is 5.82 Å². The van der Waals surface area contributed by atoms with Crippen LogP contribution < -0.4 is 11.0 Å². The van der Waals surface area contributed by atoms with Gasteiger partial charge in [-0.3, -0.25) is 4.57 Å². The topological polar surface area (TPSA) is 56.1 Å². The molecule has 0 aliphatic rings. The average molecular weight is 297 g/mol. The molecule has 0 aliphatic carbocycles. The van der Waals surface area contributed by atoms with Gasteiger partial charge in [0.05, 0.1) is 19.7 Å². The van der Waals surface area contributed by atoms with E-state index in [2.05, 4.69) is 10.3 Å². The molecule has 2 aromatic heterocycles. The Balaban J connectivity index is 2.03. The predicted molar refractivity (Wildman–Crippen MR) is 76.6 cm³/mol. The third kappa shape index (κ3) is 3.88. The first-order chi connectivity index (χ1) is 9.70. The second-order valence-corrected chi connectivity index (χ2v) is 5.08.